The van der Waals surface area contributed by atoms with Crippen LogP contribution in [-0.2, 0) is 0 Å². The topological polar surface area (TPSA) is 65.3 Å². The molecule has 0 aliphatic carbocycles. The van der Waals surface area contributed by atoms with E-state index in [-0.39, 0.29) is 0 Å². The van der Waals surface area contributed by atoms with Gasteiger partial charge in [-0.05, 0) is 0 Å². The smallest absolute Gasteiger partial charge is 0.0570 e. The van der Waals surface area contributed by atoms with E-state index in [9.17, 15) is 9.81 Å². The first kappa shape index (κ1) is 10.5. The maximum Gasteiger partial charge on any atom is 0.0570 e. The first-order chi connectivity index (χ1) is 5.70. The molecule has 0 aromatic carbocycles. The van der Waals surface area contributed by atoms with Gasteiger partial charge in [0.2, 0.25) is 0 Å². The zero-order valence-corrected chi connectivity index (χ0v) is 7.17. The average Bonchev–Trinajstić information content (AvgIpc) is 2.11. The van der Waals surface area contributed by atoms with E-state index < -0.39 is 0 Å². The molecule has 0 aliphatic heterocycles. The molecule has 12 heavy (non-hydrogen) atoms. The monoisotopic (exact) mass is 172 g/mol. The molecule has 6 heteroatoms. The van der Waals surface area contributed by atoms with Gasteiger partial charge >= 0.3 is 0 Å². The van der Waals surface area contributed by atoms with Crippen molar-refractivity contribution >= 4 is 0 Å². The van der Waals surface area contributed by atoms with Gasteiger partial charge in [-0.1, -0.05) is 12.2 Å². The first-order valence-corrected chi connectivity index (χ1v) is 3.44. The van der Waals surface area contributed by atoms with Crippen molar-refractivity contribution in [2.75, 3.05) is 27.2 Å². The van der Waals surface area contributed by atoms with E-state index in [1.807, 2.05) is 0 Å². The standard InChI is InChI=1S/C6H12N4O2/c1-9(7-11)5-3-4-6-10(2)8-12/h3-4H,5-6H2,1-2H3/b4-3-. The van der Waals surface area contributed by atoms with Gasteiger partial charge in [0.15, 0.2) is 0 Å². The lowest BCUT2D eigenvalue weighted by molar-refractivity contribution is 0.379. The van der Waals surface area contributed by atoms with Crippen molar-refractivity contribution in [3.8, 4) is 0 Å². The molecule has 0 aromatic heterocycles. The molecule has 0 fully saturated rings. The zero-order chi connectivity index (χ0) is 9.40. The van der Waals surface area contributed by atoms with E-state index in [0.717, 1.165) is 0 Å². The summed E-state index contributed by atoms with van der Waals surface area (Å²) < 4.78 is 0. The molecule has 0 saturated heterocycles. The maximum absolute atomic E-state index is 9.85. The van der Waals surface area contributed by atoms with Crippen molar-refractivity contribution in [3.05, 3.63) is 22.0 Å². The summed E-state index contributed by atoms with van der Waals surface area (Å²) in [6.07, 6.45) is 3.48. The Morgan fingerprint density at radius 3 is 1.58 bits per heavy atom. The van der Waals surface area contributed by atoms with E-state index in [2.05, 4.69) is 10.6 Å². The number of hydrogen-bond donors (Lipinski definition) is 0. The fraction of sp³-hybridized carbons (Fsp3) is 0.667. The summed E-state index contributed by atoms with van der Waals surface area (Å²) in [5.74, 6) is 0. The summed E-state index contributed by atoms with van der Waals surface area (Å²) in [5.41, 5.74) is 0. The largest absolute Gasteiger partial charge is 0.260 e. The molecule has 0 radical (unpaired) electrons. The summed E-state index contributed by atoms with van der Waals surface area (Å²) in [6.45, 7) is 0.881. The fourth-order valence-electron chi connectivity index (χ4n) is 0.521. The van der Waals surface area contributed by atoms with E-state index >= 15 is 0 Å². The number of nitrogens with zero attached hydrogens (tertiary/aromatic N) is 4. The number of hydrogen-bond acceptors (Lipinski definition) is 4. The van der Waals surface area contributed by atoms with Crippen LogP contribution >= 0.6 is 0 Å². The molecule has 0 aromatic rings. The minimum Gasteiger partial charge on any atom is -0.260 e. The van der Waals surface area contributed by atoms with Crippen LogP contribution in [0.25, 0.3) is 0 Å². The van der Waals surface area contributed by atoms with E-state index in [1.54, 1.807) is 26.2 Å². The number of likely N-dealkylation sites (N-methyl/N-ethyl adjacent to an activating group) is 2. The van der Waals surface area contributed by atoms with Gasteiger partial charge < -0.3 is 0 Å². The van der Waals surface area contributed by atoms with Crippen molar-refractivity contribution in [3.63, 3.8) is 0 Å². The second kappa shape index (κ2) is 6.26. The lowest BCUT2D eigenvalue weighted by atomic mass is 10.5. The highest BCUT2D eigenvalue weighted by molar-refractivity contribution is 4.85. The van der Waals surface area contributed by atoms with Gasteiger partial charge in [0.05, 0.1) is 23.7 Å². The molecule has 0 bridgehead atoms. The maximum atomic E-state index is 9.85. The Hall–Kier alpha value is -1.46. The quantitative estimate of drug-likeness (QED) is 0.337. The van der Waals surface area contributed by atoms with Crippen molar-refractivity contribution in [1.29, 1.82) is 0 Å². The molecule has 0 aliphatic rings. The van der Waals surface area contributed by atoms with Gasteiger partial charge in [-0.15, -0.1) is 9.81 Å². The highest BCUT2D eigenvalue weighted by Crippen LogP contribution is 1.86. The molecular weight excluding hydrogens is 160 g/mol. The van der Waals surface area contributed by atoms with Gasteiger partial charge in [-0.3, -0.25) is 10.0 Å². The minimum absolute atomic E-state index is 0.441. The Bertz CT molecular complexity index is 153. The van der Waals surface area contributed by atoms with Crippen molar-refractivity contribution in [2.45, 2.75) is 0 Å². The zero-order valence-electron chi connectivity index (χ0n) is 7.17. The molecule has 0 atom stereocenters. The molecular formula is C6H12N4O2. The van der Waals surface area contributed by atoms with Crippen molar-refractivity contribution < 1.29 is 0 Å². The van der Waals surface area contributed by atoms with E-state index in [0.29, 0.717) is 13.1 Å². The minimum atomic E-state index is 0.441. The van der Waals surface area contributed by atoms with Gasteiger partial charge in [-0.2, -0.15) is 0 Å². The fourth-order valence-corrected chi connectivity index (χ4v) is 0.521. The Labute approximate surface area is 70.7 Å². The first-order valence-electron chi connectivity index (χ1n) is 3.44. The number of rotatable bonds is 6. The van der Waals surface area contributed by atoms with Gasteiger partial charge in [0.1, 0.15) is 0 Å². The second-order valence-electron chi connectivity index (χ2n) is 2.32. The van der Waals surface area contributed by atoms with Crippen LogP contribution in [-0.4, -0.2) is 37.2 Å². The molecule has 0 saturated carbocycles. The molecule has 0 N–H and O–H groups in total. The Morgan fingerprint density at radius 2 is 1.33 bits per heavy atom. The molecule has 0 heterocycles. The third-order valence-electron chi connectivity index (χ3n) is 1.18. The van der Waals surface area contributed by atoms with Crippen LogP contribution in [0.1, 0.15) is 0 Å². The summed E-state index contributed by atoms with van der Waals surface area (Å²) in [5, 5.41) is 7.80. The Balaban J connectivity index is 3.49. The van der Waals surface area contributed by atoms with Gasteiger partial charge in [-0.25, -0.2) is 0 Å². The lowest BCUT2D eigenvalue weighted by Gasteiger charge is -2.04. The van der Waals surface area contributed by atoms with Gasteiger partial charge in [0, 0.05) is 14.1 Å². The van der Waals surface area contributed by atoms with Crippen LogP contribution in [0, 0.1) is 9.81 Å². The molecule has 6 nitrogen and oxygen atoms in total. The molecule has 0 amide bonds. The van der Waals surface area contributed by atoms with E-state index in [4.69, 9.17) is 0 Å². The van der Waals surface area contributed by atoms with Gasteiger partial charge in [0.25, 0.3) is 0 Å². The van der Waals surface area contributed by atoms with Crippen molar-refractivity contribution in [1.82, 2.24) is 10.0 Å². The van der Waals surface area contributed by atoms with Crippen LogP contribution < -0.4 is 0 Å². The van der Waals surface area contributed by atoms with Crippen LogP contribution in [0.15, 0.2) is 22.7 Å². The summed E-state index contributed by atoms with van der Waals surface area (Å²) in [4.78, 5) is 19.7. The normalized spacial score (nSPS) is 9.83. The highest BCUT2D eigenvalue weighted by atomic mass is 16.3. The Kier molecular flexibility index (Phi) is 5.50. The second-order valence-corrected chi connectivity index (χ2v) is 2.32. The number of nitroso groups, excluding NO2 is 2. The predicted molar refractivity (Wildman–Crippen MR) is 46.0 cm³/mol. The van der Waals surface area contributed by atoms with Crippen LogP contribution in [0.4, 0.5) is 0 Å². The molecule has 0 spiro atoms. The van der Waals surface area contributed by atoms with Crippen molar-refractivity contribution in [2.24, 2.45) is 10.6 Å². The summed E-state index contributed by atoms with van der Waals surface area (Å²) in [6, 6.07) is 0. The average molecular weight is 172 g/mol. The highest BCUT2D eigenvalue weighted by Gasteiger charge is 1.89. The molecule has 68 valence electrons. The SMILES string of the molecule is CN(C/C=C\CN(C)N=O)N=O. The third-order valence-corrected chi connectivity index (χ3v) is 1.18. The van der Waals surface area contributed by atoms with Crippen LogP contribution in [0.3, 0.4) is 0 Å². The van der Waals surface area contributed by atoms with E-state index in [1.165, 1.54) is 10.0 Å². The predicted octanol–water partition coefficient (Wildman–Crippen LogP) is 0.769. The molecule has 0 rings (SSSR count). The summed E-state index contributed by atoms with van der Waals surface area (Å²) >= 11 is 0. The lowest BCUT2D eigenvalue weighted by Crippen LogP contribution is -2.11. The van der Waals surface area contributed by atoms with Crippen LogP contribution in [0.5, 0.6) is 0 Å². The summed E-state index contributed by atoms with van der Waals surface area (Å²) in [7, 11) is 3.14. The van der Waals surface area contributed by atoms with Crippen LogP contribution in [0.2, 0.25) is 0 Å². The molecule has 0 unspecified atom stereocenters. The Morgan fingerprint density at radius 1 is 1.00 bits per heavy atom. The third kappa shape index (κ3) is 5.33.